The lowest BCUT2D eigenvalue weighted by molar-refractivity contribution is -0.120. The van der Waals surface area contributed by atoms with E-state index in [0.29, 0.717) is 12.1 Å². The second-order valence-corrected chi connectivity index (χ2v) is 10.0. The first-order valence-electron chi connectivity index (χ1n) is 11.6. The summed E-state index contributed by atoms with van der Waals surface area (Å²) in [6, 6.07) is 8.65. The third-order valence-electron chi connectivity index (χ3n) is 5.44. The summed E-state index contributed by atoms with van der Waals surface area (Å²) in [5.74, 6) is -1.75. The number of amides is 1. The SMILES string of the molecule is CC(=O)NC(Cc1cc(F)cc(F)c1)C(O)CNCc1cc(CC(C)(C)C)ccc1-n1cncn1. The summed E-state index contributed by atoms with van der Waals surface area (Å²) in [6.07, 6.45) is 3.09. The zero-order valence-electron chi connectivity index (χ0n) is 20.6. The maximum atomic E-state index is 13.6. The number of aliphatic hydroxyl groups is 1. The van der Waals surface area contributed by atoms with Gasteiger partial charge < -0.3 is 15.7 Å². The maximum Gasteiger partial charge on any atom is 0.217 e. The Morgan fingerprint density at radius 1 is 1.11 bits per heavy atom. The van der Waals surface area contributed by atoms with Crippen molar-refractivity contribution in [1.29, 1.82) is 0 Å². The molecular formula is C26H33F2N5O2. The lowest BCUT2D eigenvalue weighted by Crippen LogP contribution is -2.48. The van der Waals surface area contributed by atoms with Crippen LogP contribution in [0.2, 0.25) is 0 Å². The first-order chi connectivity index (χ1) is 16.5. The highest BCUT2D eigenvalue weighted by Gasteiger charge is 2.21. The minimum Gasteiger partial charge on any atom is -0.390 e. The van der Waals surface area contributed by atoms with Crippen LogP contribution >= 0.6 is 0 Å². The fourth-order valence-corrected chi connectivity index (χ4v) is 4.08. The zero-order chi connectivity index (χ0) is 25.6. The van der Waals surface area contributed by atoms with E-state index in [9.17, 15) is 18.7 Å². The molecule has 0 spiro atoms. The van der Waals surface area contributed by atoms with Gasteiger partial charge in [0.2, 0.25) is 5.91 Å². The largest absolute Gasteiger partial charge is 0.390 e. The van der Waals surface area contributed by atoms with Crippen LogP contribution in [0, 0.1) is 17.0 Å². The minimum atomic E-state index is -0.988. The van der Waals surface area contributed by atoms with Gasteiger partial charge in [-0.15, -0.1) is 0 Å². The molecule has 3 N–H and O–H groups in total. The monoisotopic (exact) mass is 485 g/mol. The van der Waals surface area contributed by atoms with E-state index in [-0.39, 0.29) is 24.3 Å². The summed E-state index contributed by atoms with van der Waals surface area (Å²) in [7, 11) is 0. The highest BCUT2D eigenvalue weighted by atomic mass is 19.1. The van der Waals surface area contributed by atoms with E-state index in [0.717, 1.165) is 23.7 Å². The summed E-state index contributed by atoms with van der Waals surface area (Å²) < 4.78 is 28.9. The van der Waals surface area contributed by atoms with Crippen molar-refractivity contribution in [1.82, 2.24) is 25.4 Å². The lowest BCUT2D eigenvalue weighted by atomic mass is 9.87. The number of hydrogen-bond acceptors (Lipinski definition) is 5. The average molecular weight is 486 g/mol. The molecule has 2 aromatic carbocycles. The Bertz CT molecular complexity index is 1110. The van der Waals surface area contributed by atoms with Crippen molar-refractivity contribution in [3.05, 3.63) is 77.4 Å². The molecule has 7 nitrogen and oxygen atoms in total. The Hall–Kier alpha value is -3.17. The van der Waals surface area contributed by atoms with Gasteiger partial charge in [0.05, 0.1) is 17.8 Å². The average Bonchev–Trinajstić information content (AvgIpc) is 3.26. The summed E-state index contributed by atoms with van der Waals surface area (Å²) in [5, 5.41) is 21.0. The third kappa shape index (κ3) is 8.22. The third-order valence-corrected chi connectivity index (χ3v) is 5.44. The molecule has 1 amide bonds. The van der Waals surface area contributed by atoms with Crippen LogP contribution < -0.4 is 10.6 Å². The first-order valence-corrected chi connectivity index (χ1v) is 11.6. The summed E-state index contributed by atoms with van der Waals surface area (Å²) >= 11 is 0. The van der Waals surface area contributed by atoms with Crippen molar-refractivity contribution < 1.29 is 18.7 Å². The second kappa shape index (κ2) is 11.5. The molecule has 0 radical (unpaired) electrons. The Balaban J connectivity index is 1.72. The van der Waals surface area contributed by atoms with Crippen molar-refractivity contribution in [3.8, 4) is 5.69 Å². The van der Waals surface area contributed by atoms with Crippen LogP contribution in [0.1, 0.15) is 44.4 Å². The molecule has 0 bridgehead atoms. The van der Waals surface area contributed by atoms with Crippen LogP contribution in [0.15, 0.2) is 49.1 Å². The Morgan fingerprint density at radius 3 is 2.43 bits per heavy atom. The van der Waals surface area contributed by atoms with Gasteiger partial charge in [0, 0.05) is 26.1 Å². The molecule has 1 aromatic heterocycles. The molecule has 3 rings (SSSR count). The number of nitrogens with zero attached hydrogens (tertiary/aromatic N) is 3. The molecule has 0 saturated heterocycles. The van der Waals surface area contributed by atoms with E-state index in [1.807, 2.05) is 6.07 Å². The van der Waals surface area contributed by atoms with Gasteiger partial charge in [0.15, 0.2) is 0 Å². The fourth-order valence-electron chi connectivity index (χ4n) is 4.08. The number of carbonyl (C=O) groups excluding carboxylic acids is 1. The molecule has 0 aliphatic heterocycles. The number of aliphatic hydroxyl groups excluding tert-OH is 1. The molecule has 0 aliphatic carbocycles. The zero-order valence-corrected chi connectivity index (χ0v) is 20.6. The lowest BCUT2D eigenvalue weighted by Gasteiger charge is -2.25. The number of halogens is 2. The maximum absolute atomic E-state index is 13.6. The molecule has 1 heterocycles. The molecule has 35 heavy (non-hydrogen) atoms. The van der Waals surface area contributed by atoms with Gasteiger partial charge >= 0.3 is 0 Å². The van der Waals surface area contributed by atoms with Gasteiger partial charge in [0.25, 0.3) is 0 Å². The minimum absolute atomic E-state index is 0.0857. The van der Waals surface area contributed by atoms with Crippen molar-refractivity contribution in [3.63, 3.8) is 0 Å². The quantitative estimate of drug-likeness (QED) is 0.410. The molecule has 9 heteroatoms. The predicted molar refractivity (Wildman–Crippen MR) is 130 cm³/mol. The summed E-state index contributed by atoms with van der Waals surface area (Å²) in [6.45, 7) is 8.47. The number of carbonyl (C=O) groups is 1. The number of benzene rings is 2. The molecule has 2 unspecified atom stereocenters. The van der Waals surface area contributed by atoms with Crippen LogP contribution in [-0.2, 0) is 24.2 Å². The van der Waals surface area contributed by atoms with Crippen LogP contribution in [-0.4, -0.2) is 44.5 Å². The van der Waals surface area contributed by atoms with Gasteiger partial charge in [-0.3, -0.25) is 4.79 Å². The van der Waals surface area contributed by atoms with Crippen LogP contribution in [0.3, 0.4) is 0 Å². The molecule has 2 atom stereocenters. The van der Waals surface area contributed by atoms with Crippen molar-refractivity contribution >= 4 is 5.91 Å². The summed E-state index contributed by atoms with van der Waals surface area (Å²) in [5.41, 5.74) is 3.51. The van der Waals surface area contributed by atoms with Crippen LogP contribution in [0.5, 0.6) is 0 Å². The topological polar surface area (TPSA) is 92.1 Å². The van der Waals surface area contributed by atoms with E-state index < -0.39 is 23.8 Å². The molecule has 0 fully saturated rings. The Labute approximate surface area is 204 Å². The first kappa shape index (κ1) is 26.4. The number of aromatic nitrogens is 3. The predicted octanol–water partition coefficient (Wildman–Crippen LogP) is 3.33. The highest BCUT2D eigenvalue weighted by molar-refractivity contribution is 5.73. The normalized spacial score (nSPS) is 13.5. The molecule has 188 valence electrons. The molecule has 0 aliphatic rings. The number of hydrogen-bond donors (Lipinski definition) is 3. The van der Waals surface area contributed by atoms with Crippen molar-refractivity contribution in [2.75, 3.05) is 6.54 Å². The Morgan fingerprint density at radius 2 is 1.83 bits per heavy atom. The molecule has 0 saturated carbocycles. The van der Waals surface area contributed by atoms with E-state index in [1.165, 1.54) is 30.9 Å². The fraction of sp³-hybridized carbons (Fsp3) is 0.423. The van der Waals surface area contributed by atoms with E-state index >= 15 is 0 Å². The highest BCUT2D eigenvalue weighted by Crippen LogP contribution is 2.24. The van der Waals surface area contributed by atoms with Crippen LogP contribution in [0.4, 0.5) is 8.78 Å². The summed E-state index contributed by atoms with van der Waals surface area (Å²) in [4.78, 5) is 15.7. The van der Waals surface area contributed by atoms with Crippen LogP contribution in [0.25, 0.3) is 5.69 Å². The number of nitrogens with one attached hydrogen (secondary N) is 2. The van der Waals surface area contributed by atoms with Crippen molar-refractivity contribution in [2.24, 2.45) is 5.41 Å². The number of rotatable bonds is 10. The molecule has 3 aromatic rings. The van der Waals surface area contributed by atoms with Gasteiger partial charge in [-0.1, -0.05) is 32.9 Å². The van der Waals surface area contributed by atoms with Gasteiger partial charge in [0.1, 0.15) is 24.3 Å². The van der Waals surface area contributed by atoms with Gasteiger partial charge in [-0.05, 0) is 53.1 Å². The standard InChI is InChI=1S/C26H33F2N5O2/c1-17(34)32-23(10-19-8-21(27)11-22(28)9-19)25(35)14-29-13-20-7-18(12-26(2,3)4)5-6-24(20)33-16-30-15-31-33/h5-9,11,15-16,23,25,29,35H,10,12-14H2,1-4H3,(H,32,34). The van der Waals surface area contributed by atoms with Gasteiger partial charge in [-0.25, -0.2) is 18.4 Å². The Kier molecular flexibility index (Phi) is 8.69. The smallest absolute Gasteiger partial charge is 0.217 e. The van der Waals surface area contributed by atoms with Crippen molar-refractivity contribution in [2.45, 2.75) is 59.2 Å². The van der Waals surface area contributed by atoms with E-state index in [1.54, 1.807) is 11.0 Å². The van der Waals surface area contributed by atoms with E-state index in [2.05, 4.69) is 53.6 Å². The van der Waals surface area contributed by atoms with Gasteiger partial charge in [-0.2, -0.15) is 5.10 Å². The molecular weight excluding hydrogens is 452 g/mol. The second-order valence-electron chi connectivity index (χ2n) is 10.0. The van der Waals surface area contributed by atoms with E-state index in [4.69, 9.17) is 0 Å².